The van der Waals surface area contributed by atoms with Crippen LogP contribution < -0.4 is 10.6 Å². The van der Waals surface area contributed by atoms with Crippen molar-refractivity contribution in [2.75, 3.05) is 76.2 Å². The topological polar surface area (TPSA) is 198 Å². The Morgan fingerprint density at radius 2 is 1.58 bits per heavy atom. The summed E-state index contributed by atoms with van der Waals surface area (Å²) in [6.07, 6.45) is 4.84. The first kappa shape index (κ1) is 41.9. The second-order valence-electron chi connectivity index (χ2n) is 17.3. The van der Waals surface area contributed by atoms with Gasteiger partial charge >= 0.3 is 0 Å². The second kappa shape index (κ2) is 17.4. The van der Waals surface area contributed by atoms with Crippen molar-refractivity contribution in [2.45, 2.75) is 70.8 Å². The molecule has 3 saturated heterocycles. The molecule has 0 unspecified atom stereocenters. The third-order valence-corrected chi connectivity index (χ3v) is 13.8. The van der Waals surface area contributed by atoms with Crippen LogP contribution in [0.2, 0.25) is 0 Å². The van der Waals surface area contributed by atoms with E-state index < -0.39 is 5.60 Å². The highest BCUT2D eigenvalue weighted by Gasteiger charge is 2.42. The molecule has 62 heavy (non-hydrogen) atoms. The highest BCUT2D eigenvalue weighted by molar-refractivity contribution is 7.19. The highest BCUT2D eigenvalue weighted by atomic mass is 32.1. The lowest BCUT2D eigenvalue weighted by Gasteiger charge is -2.39. The quantitative estimate of drug-likeness (QED) is 0.164. The van der Waals surface area contributed by atoms with Crippen LogP contribution in [0.25, 0.3) is 21.6 Å². The molecule has 326 valence electrons. The monoisotopic (exact) mass is 862 g/mol. The van der Waals surface area contributed by atoms with E-state index in [9.17, 15) is 24.9 Å². The number of amides is 2. The number of nitrogens with two attached hydrogens (primary N) is 1. The van der Waals surface area contributed by atoms with Crippen molar-refractivity contribution >= 4 is 45.1 Å². The molecule has 0 spiro atoms. The van der Waals surface area contributed by atoms with Gasteiger partial charge < -0.3 is 40.5 Å². The molecule has 2 amide bonds. The number of phenolic OH excluding ortho intramolecular Hbond substituents is 2. The number of hydrogen-bond acceptors (Lipinski definition) is 15. The Morgan fingerprint density at radius 1 is 0.839 bits per heavy atom. The predicted molar refractivity (Wildman–Crippen MR) is 236 cm³/mol. The number of piperidine rings is 1. The van der Waals surface area contributed by atoms with Gasteiger partial charge in [-0.3, -0.25) is 19.4 Å². The Labute approximate surface area is 364 Å². The third kappa shape index (κ3) is 8.64. The summed E-state index contributed by atoms with van der Waals surface area (Å²) in [5, 5.41) is 32.6. The van der Waals surface area contributed by atoms with Gasteiger partial charge in [-0.1, -0.05) is 32.0 Å². The summed E-state index contributed by atoms with van der Waals surface area (Å²) >= 11 is 1.68. The number of morpholine rings is 1. The number of hydrogen-bond donors (Lipinski definition) is 4. The SMILES string of the molecule is CC(C)c1cc(C(=O)N2Cc3ccc(CN4CCCN(C(=O)C5(O)CCN(Cc6cc7nc(-c8cnc(N)nc8)nc(N8CCOCC8)c7s6)CC5)CC4)cc3C2)c(O)cc1O. The Kier molecular flexibility index (Phi) is 11.7. The summed E-state index contributed by atoms with van der Waals surface area (Å²) in [6.45, 7) is 12.8. The van der Waals surface area contributed by atoms with E-state index in [1.165, 1.54) is 6.07 Å². The summed E-state index contributed by atoms with van der Waals surface area (Å²) in [4.78, 5) is 57.3. The largest absolute Gasteiger partial charge is 0.508 e. The van der Waals surface area contributed by atoms with Crippen LogP contribution >= 0.6 is 11.3 Å². The van der Waals surface area contributed by atoms with E-state index in [0.717, 1.165) is 63.7 Å². The lowest BCUT2D eigenvalue weighted by atomic mass is 9.89. The molecule has 0 saturated carbocycles. The van der Waals surface area contributed by atoms with E-state index in [2.05, 4.69) is 48.9 Å². The first-order valence-corrected chi connectivity index (χ1v) is 22.4. The molecule has 17 heteroatoms. The molecule has 3 fully saturated rings. The zero-order valence-corrected chi connectivity index (χ0v) is 36.1. The number of aromatic nitrogens is 4. The van der Waals surface area contributed by atoms with Crippen LogP contribution in [0.1, 0.15) is 76.5 Å². The number of fused-ring (bicyclic) bond motifs is 2. The van der Waals surface area contributed by atoms with Gasteiger partial charge in [-0.25, -0.2) is 19.9 Å². The number of carbonyl (C=O) groups excluding carboxylic acids is 2. The zero-order chi connectivity index (χ0) is 43.1. The minimum Gasteiger partial charge on any atom is -0.508 e. The average molecular weight is 863 g/mol. The summed E-state index contributed by atoms with van der Waals surface area (Å²) in [5.74, 6) is 0.934. The molecule has 9 rings (SSSR count). The van der Waals surface area contributed by atoms with Crippen LogP contribution in [0, 0.1) is 0 Å². The van der Waals surface area contributed by atoms with E-state index in [0.29, 0.717) is 102 Å². The molecule has 3 aromatic heterocycles. The Hall–Kier alpha value is -5.46. The van der Waals surface area contributed by atoms with Crippen molar-refractivity contribution in [1.82, 2.24) is 39.5 Å². The Morgan fingerprint density at radius 3 is 2.34 bits per heavy atom. The molecule has 0 bridgehead atoms. The maximum absolute atomic E-state index is 14.0. The number of carbonyl (C=O) groups is 2. The first-order valence-electron chi connectivity index (χ1n) is 21.5. The summed E-state index contributed by atoms with van der Waals surface area (Å²) in [7, 11) is 0. The third-order valence-electron chi connectivity index (χ3n) is 12.7. The molecule has 5 aromatic rings. The van der Waals surface area contributed by atoms with Crippen molar-refractivity contribution in [3.05, 3.63) is 81.5 Å². The van der Waals surface area contributed by atoms with E-state index in [4.69, 9.17) is 20.4 Å². The van der Waals surface area contributed by atoms with Crippen molar-refractivity contribution in [3.8, 4) is 22.9 Å². The molecule has 0 radical (unpaired) electrons. The van der Waals surface area contributed by atoms with Crippen molar-refractivity contribution < 1.29 is 29.6 Å². The number of benzene rings is 2. The van der Waals surface area contributed by atoms with Gasteiger partial charge in [-0.15, -0.1) is 11.3 Å². The molecule has 4 aliphatic rings. The smallest absolute Gasteiger partial charge is 0.258 e. The van der Waals surface area contributed by atoms with Gasteiger partial charge in [0.15, 0.2) is 11.6 Å². The van der Waals surface area contributed by atoms with Crippen molar-refractivity contribution in [1.29, 1.82) is 0 Å². The standard InChI is InChI=1S/C45H54N10O6S/c1-28(2)34-20-35(38(57)21-37(34)56)42(58)55-25-30-5-4-29(18-31(30)26-55)24-51-8-3-9-54(13-12-51)43(59)45(60)6-10-52(11-7-45)27-33-19-36-39(62-33)41(53-14-16-61-17-15-53)50-40(49-36)32-22-47-44(46)48-23-32/h4-5,18-23,28,56-57,60H,3,6-17,24-27H2,1-2H3,(H2,46,47,48). The van der Waals surface area contributed by atoms with Gasteiger partial charge in [0.1, 0.15) is 17.1 Å². The molecule has 16 nitrogen and oxygen atoms in total. The molecule has 0 atom stereocenters. The Balaban J connectivity index is 0.793. The molecule has 7 heterocycles. The number of phenols is 2. The van der Waals surface area contributed by atoms with Crippen LogP contribution in [-0.2, 0) is 35.7 Å². The van der Waals surface area contributed by atoms with Crippen molar-refractivity contribution in [3.63, 3.8) is 0 Å². The van der Waals surface area contributed by atoms with E-state index in [1.54, 1.807) is 34.7 Å². The van der Waals surface area contributed by atoms with Gasteiger partial charge in [0, 0.05) is 102 Å². The van der Waals surface area contributed by atoms with Crippen molar-refractivity contribution in [2.24, 2.45) is 0 Å². The molecule has 5 N–H and O–H groups in total. The van der Waals surface area contributed by atoms with Gasteiger partial charge in [-0.05, 0) is 59.6 Å². The number of nitrogen functional groups attached to an aromatic ring is 1. The molecule has 2 aromatic carbocycles. The van der Waals surface area contributed by atoms with E-state index in [-0.39, 0.29) is 40.7 Å². The van der Waals surface area contributed by atoms with Gasteiger partial charge in [0.2, 0.25) is 5.95 Å². The lowest BCUT2D eigenvalue weighted by Crippen LogP contribution is -2.55. The number of likely N-dealkylation sites (tertiary alicyclic amines) is 1. The number of anilines is 2. The minimum atomic E-state index is -1.40. The van der Waals surface area contributed by atoms with E-state index in [1.807, 2.05) is 18.7 Å². The van der Waals surface area contributed by atoms with Gasteiger partial charge in [0.05, 0.1) is 34.6 Å². The highest BCUT2D eigenvalue weighted by Crippen LogP contribution is 2.37. The predicted octanol–water partition coefficient (Wildman–Crippen LogP) is 4.32. The van der Waals surface area contributed by atoms with Crippen LogP contribution in [-0.4, -0.2) is 138 Å². The Bertz CT molecular complexity index is 2470. The number of aromatic hydroxyl groups is 2. The number of nitrogens with zero attached hydrogens (tertiary/aromatic N) is 9. The number of thiophene rings is 1. The fourth-order valence-corrected chi connectivity index (χ4v) is 10.3. The average Bonchev–Trinajstić information content (AvgIpc) is 3.81. The summed E-state index contributed by atoms with van der Waals surface area (Å²) < 4.78 is 6.64. The van der Waals surface area contributed by atoms with Gasteiger partial charge in [0.25, 0.3) is 11.8 Å². The number of ether oxygens (including phenoxy) is 1. The van der Waals surface area contributed by atoms with Crippen LogP contribution in [0.3, 0.4) is 0 Å². The second-order valence-corrected chi connectivity index (χ2v) is 18.4. The summed E-state index contributed by atoms with van der Waals surface area (Å²) in [5.41, 5.74) is 10.0. The summed E-state index contributed by atoms with van der Waals surface area (Å²) in [6, 6.07) is 11.3. The fourth-order valence-electron chi connectivity index (χ4n) is 9.10. The molecular weight excluding hydrogens is 809 g/mol. The molecular formula is C45H54N10O6S. The van der Waals surface area contributed by atoms with Crippen LogP contribution in [0.5, 0.6) is 11.5 Å². The number of rotatable bonds is 9. The fraction of sp³-hybridized carbons (Fsp3) is 0.467. The number of aliphatic hydroxyl groups is 1. The zero-order valence-electron chi connectivity index (χ0n) is 35.3. The van der Waals surface area contributed by atoms with Gasteiger partial charge in [-0.2, -0.15) is 0 Å². The maximum atomic E-state index is 14.0. The van der Waals surface area contributed by atoms with Crippen LogP contribution in [0.4, 0.5) is 11.8 Å². The van der Waals surface area contributed by atoms with E-state index >= 15 is 0 Å². The first-order chi connectivity index (χ1) is 29.9. The normalized spacial score (nSPS) is 18.7. The molecule has 0 aliphatic carbocycles. The minimum absolute atomic E-state index is 0.000841. The van der Waals surface area contributed by atoms with Crippen LogP contribution in [0.15, 0.2) is 48.8 Å². The molecule has 4 aliphatic heterocycles. The maximum Gasteiger partial charge on any atom is 0.258 e. The lowest BCUT2D eigenvalue weighted by molar-refractivity contribution is -0.156.